The van der Waals surface area contributed by atoms with Crippen LogP contribution in [0.2, 0.25) is 0 Å². The quantitative estimate of drug-likeness (QED) is 0.547. The average molecular weight is 396 g/mol. The minimum Gasteiger partial charge on any atom is -0.461 e. The molecular formula is C16H14BrNO6. The SMILES string of the molecule is CCOC(=O)c1noc(C(=O)OCC)c1C(=O)c1ccc(Br)cc1. The van der Waals surface area contributed by atoms with Crippen LogP contribution in [0.15, 0.2) is 33.3 Å². The second-order valence-corrected chi connectivity index (χ2v) is 5.43. The Hall–Kier alpha value is -2.48. The van der Waals surface area contributed by atoms with Crippen molar-refractivity contribution in [3.05, 3.63) is 51.3 Å². The summed E-state index contributed by atoms with van der Waals surface area (Å²) in [6.45, 7) is 3.39. The molecule has 2 aromatic rings. The average Bonchev–Trinajstić information content (AvgIpc) is 3.00. The summed E-state index contributed by atoms with van der Waals surface area (Å²) in [5.74, 6) is -2.74. The van der Waals surface area contributed by atoms with Gasteiger partial charge in [-0.1, -0.05) is 21.1 Å². The molecule has 0 fully saturated rings. The molecule has 1 aromatic heterocycles. The van der Waals surface area contributed by atoms with Crippen molar-refractivity contribution in [1.29, 1.82) is 0 Å². The highest BCUT2D eigenvalue weighted by Crippen LogP contribution is 2.22. The van der Waals surface area contributed by atoms with E-state index in [0.29, 0.717) is 0 Å². The minimum atomic E-state index is -0.874. The second-order valence-electron chi connectivity index (χ2n) is 4.51. The molecule has 0 amide bonds. The Morgan fingerprint density at radius 3 is 2.21 bits per heavy atom. The van der Waals surface area contributed by atoms with E-state index >= 15 is 0 Å². The molecule has 0 radical (unpaired) electrons. The number of halogens is 1. The third kappa shape index (κ3) is 3.70. The van der Waals surface area contributed by atoms with Gasteiger partial charge in [-0.2, -0.15) is 0 Å². The number of rotatable bonds is 6. The van der Waals surface area contributed by atoms with E-state index < -0.39 is 23.5 Å². The first kappa shape index (κ1) is 17.9. The van der Waals surface area contributed by atoms with E-state index in [1.165, 1.54) is 0 Å². The number of hydrogen-bond donors (Lipinski definition) is 0. The Kier molecular flexibility index (Phi) is 5.86. The predicted octanol–water partition coefficient (Wildman–Crippen LogP) is 3.02. The van der Waals surface area contributed by atoms with Gasteiger partial charge in [0.05, 0.1) is 13.2 Å². The van der Waals surface area contributed by atoms with Crippen molar-refractivity contribution >= 4 is 33.7 Å². The van der Waals surface area contributed by atoms with E-state index in [-0.39, 0.29) is 30.0 Å². The summed E-state index contributed by atoms with van der Waals surface area (Å²) < 4.78 is 15.4. The van der Waals surface area contributed by atoms with Gasteiger partial charge in [-0.05, 0) is 38.1 Å². The van der Waals surface area contributed by atoms with Gasteiger partial charge in [0.2, 0.25) is 5.69 Å². The van der Waals surface area contributed by atoms with Crippen molar-refractivity contribution in [3.63, 3.8) is 0 Å². The summed E-state index contributed by atoms with van der Waals surface area (Å²) in [5, 5.41) is 3.52. The lowest BCUT2D eigenvalue weighted by atomic mass is 10.0. The third-order valence-electron chi connectivity index (χ3n) is 2.96. The van der Waals surface area contributed by atoms with Crippen LogP contribution in [0.25, 0.3) is 0 Å². The van der Waals surface area contributed by atoms with Crippen LogP contribution >= 0.6 is 15.9 Å². The molecule has 1 aromatic carbocycles. The van der Waals surface area contributed by atoms with E-state index in [4.69, 9.17) is 14.0 Å². The number of carbonyl (C=O) groups is 3. The van der Waals surface area contributed by atoms with Gasteiger partial charge in [0.1, 0.15) is 5.56 Å². The van der Waals surface area contributed by atoms with Crippen molar-refractivity contribution < 1.29 is 28.4 Å². The molecule has 0 unspecified atom stereocenters. The van der Waals surface area contributed by atoms with Crippen molar-refractivity contribution in [2.75, 3.05) is 13.2 Å². The van der Waals surface area contributed by atoms with Crippen LogP contribution in [0, 0.1) is 0 Å². The molecule has 0 N–H and O–H groups in total. The number of ketones is 1. The fraction of sp³-hybridized carbons (Fsp3) is 0.250. The minimum absolute atomic E-state index is 0.0835. The van der Waals surface area contributed by atoms with E-state index in [9.17, 15) is 14.4 Å². The molecule has 0 atom stereocenters. The first-order valence-corrected chi connectivity index (χ1v) is 7.93. The third-order valence-corrected chi connectivity index (χ3v) is 3.48. The number of nitrogens with zero attached hydrogens (tertiary/aromatic N) is 1. The smallest absolute Gasteiger partial charge is 0.377 e. The second kappa shape index (κ2) is 7.87. The fourth-order valence-electron chi connectivity index (χ4n) is 1.92. The number of aromatic nitrogens is 1. The highest BCUT2D eigenvalue weighted by atomic mass is 79.9. The molecular weight excluding hydrogens is 382 g/mol. The topological polar surface area (TPSA) is 95.7 Å². The van der Waals surface area contributed by atoms with Gasteiger partial charge in [0, 0.05) is 10.0 Å². The number of ether oxygens (including phenoxy) is 2. The van der Waals surface area contributed by atoms with Crippen LogP contribution in [0.1, 0.15) is 50.8 Å². The van der Waals surface area contributed by atoms with Gasteiger partial charge in [-0.3, -0.25) is 4.79 Å². The highest BCUT2D eigenvalue weighted by Gasteiger charge is 2.33. The molecule has 0 aliphatic heterocycles. The maximum Gasteiger partial charge on any atom is 0.377 e. The van der Waals surface area contributed by atoms with Gasteiger partial charge in [-0.15, -0.1) is 0 Å². The monoisotopic (exact) mass is 395 g/mol. The van der Waals surface area contributed by atoms with E-state index in [0.717, 1.165) is 4.47 Å². The highest BCUT2D eigenvalue weighted by molar-refractivity contribution is 9.10. The lowest BCUT2D eigenvalue weighted by Crippen LogP contribution is -2.15. The van der Waals surface area contributed by atoms with E-state index in [1.54, 1.807) is 38.1 Å². The summed E-state index contributed by atoms with van der Waals surface area (Å²) in [6, 6.07) is 6.41. The molecule has 126 valence electrons. The Labute approximate surface area is 146 Å². The fourth-order valence-corrected chi connectivity index (χ4v) is 2.19. The van der Waals surface area contributed by atoms with Crippen LogP contribution in [0.3, 0.4) is 0 Å². The first-order chi connectivity index (χ1) is 11.5. The number of esters is 2. The zero-order chi connectivity index (χ0) is 17.7. The van der Waals surface area contributed by atoms with Crippen LogP contribution in [0.5, 0.6) is 0 Å². The number of benzene rings is 1. The van der Waals surface area contributed by atoms with Gasteiger partial charge in [0.25, 0.3) is 5.76 Å². The van der Waals surface area contributed by atoms with Crippen LogP contribution in [-0.2, 0) is 9.47 Å². The van der Waals surface area contributed by atoms with Crippen LogP contribution < -0.4 is 0 Å². The van der Waals surface area contributed by atoms with Crippen molar-refractivity contribution in [3.8, 4) is 0 Å². The molecule has 0 aliphatic rings. The van der Waals surface area contributed by atoms with Gasteiger partial charge in [-0.25, -0.2) is 9.59 Å². The Balaban J connectivity index is 2.52. The summed E-state index contributed by atoms with van der Waals surface area (Å²) >= 11 is 3.27. The molecule has 7 nitrogen and oxygen atoms in total. The lowest BCUT2D eigenvalue weighted by molar-refractivity contribution is 0.0470. The molecule has 0 saturated heterocycles. The normalized spacial score (nSPS) is 10.3. The van der Waals surface area contributed by atoms with Gasteiger partial charge >= 0.3 is 11.9 Å². The Morgan fingerprint density at radius 2 is 1.62 bits per heavy atom. The van der Waals surface area contributed by atoms with E-state index in [2.05, 4.69) is 21.1 Å². The molecule has 0 spiro atoms. The summed E-state index contributed by atoms with van der Waals surface area (Å²) in [5.41, 5.74) is -0.362. The molecule has 0 aliphatic carbocycles. The summed E-state index contributed by atoms with van der Waals surface area (Å²) in [7, 11) is 0. The maximum absolute atomic E-state index is 12.7. The van der Waals surface area contributed by atoms with Crippen molar-refractivity contribution in [2.24, 2.45) is 0 Å². The van der Waals surface area contributed by atoms with Crippen LogP contribution in [0.4, 0.5) is 0 Å². The van der Waals surface area contributed by atoms with E-state index in [1.807, 2.05) is 0 Å². The molecule has 0 bridgehead atoms. The zero-order valence-corrected chi connectivity index (χ0v) is 14.6. The number of carbonyl (C=O) groups excluding carboxylic acids is 3. The predicted molar refractivity (Wildman–Crippen MR) is 86.0 cm³/mol. The van der Waals surface area contributed by atoms with Crippen LogP contribution in [-0.4, -0.2) is 36.1 Å². The summed E-state index contributed by atoms with van der Waals surface area (Å²) in [6.07, 6.45) is 0. The molecule has 2 rings (SSSR count). The van der Waals surface area contributed by atoms with Gasteiger partial charge in [0.15, 0.2) is 5.78 Å². The maximum atomic E-state index is 12.7. The largest absolute Gasteiger partial charge is 0.461 e. The molecule has 0 saturated carbocycles. The Morgan fingerprint density at radius 1 is 1.04 bits per heavy atom. The molecule has 24 heavy (non-hydrogen) atoms. The van der Waals surface area contributed by atoms with Crippen molar-refractivity contribution in [1.82, 2.24) is 5.16 Å². The number of hydrogen-bond acceptors (Lipinski definition) is 7. The first-order valence-electron chi connectivity index (χ1n) is 7.13. The molecule has 8 heteroatoms. The Bertz CT molecular complexity index is 730. The standard InChI is InChI=1S/C16H14BrNO6/c1-3-22-15(20)12-11(14(24-18-12)16(21)23-4-2)13(19)9-5-7-10(17)8-6-9/h5-8H,3-4H2,1-2H3. The zero-order valence-electron chi connectivity index (χ0n) is 13.0. The lowest BCUT2D eigenvalue weighted by Gasteiger charge is -2.04. The molecule has 1 heterocycles. The summed E-state index contributed by atoms with van der Waals surface area (Å²) in [4.78, 5) is 36.7. The van der Waals surface area contributed by atoms with Gasteiger partial charge < -0.3 is 14.0 Å². The van der Waals surface area contributed by atoms with Crippen molar-refractivity contribution in [2.45, 2.75) is 13.8 Å².